The first-order valence-corrected chi connectivity index (χ1v) is 8.08. The first-order valence-electron chi connectivity index (χ1n) is 8.08. The molecule has 0 bridgehead atoms. The molecule has 0 spiro atoms. The number of anilines is 1. The predicted molar refractivity (Wildman–Crippen MR) is 86.3 cm³/mol. The van der Waals surface area contributed by atoms with Gasteiger partial charge < -0.3 is 24.7 Å². The molecule has 1 saturated carbocycles. The number of methoxy groups -OCH3 is 1. The molecule has 2 aliphatic rings. The molecule has 1 aliphatic carbocycles. The lowest BCUT2D eigenvalue weighted by atomic mass is 9.81. The van der Waals surface area contributed by atoms with Crippen LogP contribution in [-0.2, 0) is 24.4 Å². The molecule has 1 aliphatic heterocycles. The van der Waals surface area contributed by atoms with E-state index in [1.165, 1.54) is 18.0 Å². The number of carbonyl (C=O) groups excluding carboxylic acids is 2. The predicted octanol–water partition coefficient (Wildman–Crippen LogP) is 0.780. The number of fused-ring (bicyclic) bond motifs is 2. The van der Waals surface area contributed by atoms with Crippen LogP contribution in [0.1, 0.15) is 12.1 Å². The molecule has 3 heterocycles. The Balaban J connectivity index is 1.76. The zero-order chi connectivity index (χ0) is 19.2. The molecule has 0 unspecified atom stereocenters. The van der Waals surface area contributed by atoms with Gasteiger partial charge in [-0.2, -0.15) is 10.4 Å². The van der Waals surface area contributed by atoms with Crippen LogP contribution in [0.5, 0.6) is 0 Å². The Kier molecular flexibility index (Phi) is 3.76. The lowest BCUT2D eigenvalue weighted by Crippen LogP contribution is -2.38. The average Bonchev–Trinajstić information content (AvgIpc) is 3.33. The first kappa shape index (κ1) is 16.9. The number of nitriles is 1. The van der Waals surface area contributed by atoms with Crippen molar-refractivity contribution in [3.05, 3.63) is 24.2 Å². The third-order valence-corrected chi connectivity index (χ3v) is 5.01. The molecule has 27 heavy (non-hydrogen) atoms. The van der Waals surface area contributed by atoms with Crippen LogP contribution in [0, 0.1) is 17.2 Å². The SMILES string of the molecule is COC(=O)OC[C@H]1C[C@@](C#N)(c2ccc3c(N)ncnn23)[C@@H]2OC(=O)O[C@H]12. The summed E-state index contributed by atoms with van der Waals surface area (Å²) in [5.74, 6) is -0.200. The van der Waals surface area contributed by atoms with E-state index in [1.54, 1.807) is 12.1 Å². The van der Waals surface area contributed by atoms with Crippen LogP contribution in [-0.4, -0.2) is 52.8 Å². The number of hydrogen-bond donors (Lipinski definition) is 1. The van der Waals surface area contributed by atoms with E-state index >= 15 is 0 Å². The minimum Gasteiger partial charge on any atom is -0.438 e. The molecule has 2 aromatic heterocycles. The van der Waals surface area contributed by atoms with Gasteiger partial charge in [0.25, 0.3) is 0 Å². The van der Waals surface area contributed by atoms with E-state index in [0.29, 0.717) is 11.2 Å². The highest BCUT2D eigenvalue weighted by molar-refractivity contribution is 5.68. The molecule has 2 N–H and O–H groups in total. The normalized spacial score (nSPS) is 28.9. The molecule has 4 rings (SSSR count). The molecule has 4 atom stereocenters. The van der Waals surface area contributed by atoms with Gasteiger partial charge in [0.2, 0.25) is 0 Å². The second-order valence-electron chi connectivity index (χ2n) is 6.34. The van der Waals surface area contributed by atoms with E-state index in [-0.39, 0.29) is 18.8 Å². The number of nitrogen functional groups attached to an aromatic ring is 1. The third-order valence-electron chi connectivity index (χ3n) is 5.01. The number of hydrogen-bond acceptors (Lipinski definition) is 10. The van der Waals surface area contributed by atoms with E-state index in [0.717, 1.165) is 0 Å². The molecule has 0 radical (unpaired) electrons. The highest BCUT2D eigenvalue weighted by atomic mass is 16.8. The molecular weight excluding hydrogens is 358 g/mol. The van der Waals surface area contributed by atoms with Gasteiger partial charge in [0.1, 0.15) is 23.9 Å². The van der Waals surface area contributed by atoms with E-state index in [2.05, 4.69) is 20.9 Å². The summed E-state index contributed by atoms with van der Waals surface area (Å²) in [5, 5.41) is 14.2. The standard InChI is InChI=1S/C16H15N5O6/c1-24-14(22)25-5-8-4-16(6-17,12-11(8)26-15(23)27-12)10-3-2-9-13(18)19-7-20-21(9)10/h2-3,7-8,11-12H,4-5H2,1H3,(H2,18,19,20)/t8-,11-,12-,16-/m1/s1. The molecule has 1 saturated heterocycles. The van der Waals surface area contributed by atoms with Crippen molar-refractivity contribution in [1.82, 2.24) is 14.6 Å². The summed E-state index contributed by atoms with van der Waals surface area (Å²) >= 11 is 0. The lowest BCUT2D eigenvalue weighted by Gasteiger charge is -2.24. The molecular formula is C16H15N5O6. The summed E-state index contributed by atoms with van der Waals surface area (Å²) in [5.41, 5.74) is 5.63. The molecule has 140 valence electrons. The molecule has 2 aromatic rings. The van der Waals surface area contributed by atoms with Crippen molar-refractivity contribution in [2.75, 3.05) is 19.5 Å². The van der Waals surface area contributed by atoms with Crippen molar-refractivity contribution in [3.63, 3.8) is 0 Å². The number of rotatable bonds is 3. The molecule has 11 nitrogen and oxygen atoms in total. The maximum absolute atomic E-state index is 11.7. The van der Waals surface area contributed by atoms with E-state index in [9.17, 15) is 14.9 Å². The Bertz CT molecular complexity index is 968. The van der Waals surface area contributed by atoms with E-state index in [4.69, 9.17) is 19.9 Å². The quantitative estimate of drug-likeness (QED) is 0.764. The van der Waals surface area contributed by atoms with Crippen LogP contribution in [0.3, 0.4) is 0 Å². The van der Waals surface area contributed by atoms with Crippen LogP contribution in [0.2, 0.25) is 0 Å². The van der Waals surface area contributed by atoms with Crippen LogP contribution >= 0.6 is 0 Å². The van der Waals surface area contributed by atoms with Gasteiger partial charge in [-0.05, 0) is 18.6 Å². The zero-order valence-corrected chi connectivity index (χ0v) is 14.2. The van der Waals surface area contributed by atoms with Gasteiger partial charge in [0.05, 0.1) is 18.9 Å². The molecule has 11 heteroatoms. The Morgan fingerprint density at radius 2 is 2.33 bits per heavy atom. The second-order valence-corrected chi connectivity index (χ2v) is 6.34. The fourth-order valence-electron chi connectivity index (χ4n) is 3.84. The van der Waals surface area contributed by atoms with E-state index < -0.39 is 35.9 Å². The van der Waals surface area contributed by atoms with Crippen molar-refractivity contribution >= 4 is 23.6 Å². The Labute approximate surface area is 152 Å². The number of nitrogens with two attached hydrogens (primary N) is 1. The number of ether oxygens (including phenoxy) is 4. The van der Waals surface area contributed by atoms with Crippen molar-refractivity contribution in [3.8, 4) is 6.07 Å². The zero-order valence-electron chi connectivity index (χ0n) is 14.2. The summed E-state index contributed by atoms with van der Waals surface area (Å²) in [7, 11) is 1.19. The highest BCUT2D eigenvalue weighted by Gasteiger charge is 2.64. The number of aromatic nitrogens is 3. The largest absolute Gasteiger partial charge is 0.509 e. The van der Waals surface area contributed by atoms with Gasteiger partial charge in [-0.25, -0.2) is 19.1 Å². The van der Waals surface area contributed by atoms with Gasteiger partial charge in [-0.1, -0.05) is 0 Å². The fraction of sp³-hybridized carbons (Fsp3) is 0.438. The van der Waals surface area contributed by atoms with Crippen molar-refractivity contribution < 1.29 is 28.5 Å². The van der Waals surface area contributed by atoms with Crippen LogP contribution in [0.4, 0.5) is 15.4 Å². The first-order chi connectivity index (χ1) is 13.0. The Morgan fingerprint density at radius 1 is 1.52 bits per heavy atom. The van der Waals surface area contributed by atoms with Crippen LogP contribution < -0.4 is 5.73 Å². The van der Waals surface area contributed by atoms with Crippen molar-refractivity contribution in [2.45, 2.75) is 24.0 Å². The highest BCUT2D eigenvalue weighted by Crippen LogP contribution is 2.50. The third kappa shape index (κ3) is 2.41. The summed E-state index contributed by atoms with van der Waals surface area (Å²) in [6.07, 6.45) is -1.86. The topological polar surface area (TPSA) is 151 Å². The lowest BCUT2D eigenvalue weighted by molar-refractivity contribution is 0.0356. The average molecular weight is 373 g/mol. The minimum atomic E-state index is -1.26. The monoisotopic (exact) mass is 373 g/mol. The van der Waals surface area contributed by atoms with Crippen LogP contribution in [0.15, 0.2) is 18.5 Å². The van der Waals surface area contributed by atoms with Gasteiger partial charge >= 0.3 is 12.3 Å². The molecule has 0 aromatic carbocycles. The van der Waals surface area contributed by atoms with Gasteiger partial charge in [0.15, 0.2) is 18.0 Å². The van der Waals surface area contributed by atoms with Crippen molar-refractivity contribution in [2.24, 2.45) is 5.92 Å². The van der Waals surface area contributed by atoms with Crippen molar-refractivity contribution in [1.29, 1.82) is 5.26 Å². The smallest absolute Gasteiger partial charge is 0.438 e. The molecule has 0 amide bonds. The summed E-state index contributed by atoms with van der Waals surface area (Å²) in [4.78, 5) is 27.0. The molecule has 2 fully saturated rings. The van der Waals surface area contributed by atoms with Crippen LogP contribution in [0.25, 0.3) is 5.52 Å². The Morgan fingerprint density at radius 3 is 3.07 bits per heavy atom. The summed E-state index contributed by atoms with van der Waals surface area (Å²) < 4.78 is 21.5. The Hall–Kier alpha value is -3.55. The van der Waals surface area contributed by atoms with E-state index in [1.807, 2.05) is 0 Å². The number of carbonyl (C=O) groups is 2. The maximum atomic E-state index is 11.7. The fourth-order valence-corrected chi connectivity index (χ4v) is 3.84. The maximum Gasteiger partial charge on any atom is 0.509 e. The number of nitrogens with zero attached hydrogens (tertiary/aromatic N) is 4. The summed E-state index contributed by atoms with van der Waals surface area (Å²) in [6.45, 7) is -0.0889. The van der Waals surface area contributed by atoms with Gasteiger partial charge in [0, 0.05) is 5.92 Å². The second kappa shape index (κ2) is 6.01. The summed E-state index contributed by atoms with van der Waals surface area (Å²) in [6, 6.07) is 5.64. The van der Waals surface area contributed by atoms with Gasteiger partial charge in [-0.3, -0.25) is 0 Å². The van der Waals surface area contributed by atoms with Gasteiger partial charge in [-0.15, -0.1) is 0 Å². The minimum absolute atomic E-state index is 0.0889.